The molecule has 66 valence electrons. The lowest BCUT2D eigenvalue weighted by Crippen LogP contribution is -2.44. The lowest BCUT2D eigenvalue weighted by Gasteiger charge is -2.27. The lowest BCUT2D eigenvalue weighted by molar-refractivity contribution is -0.872. The Morgan fingerprint density at radius 2 is 1.91 bits per heavy atom. The summed E-state index contributed by atoms with van der Waals surface area (Å²) in [5, 5.41) is 0. The van der Waals surface area contributed by atoms with Crippen molar-refractivity contribution >= 4 is 5.78 Å². The van der Waals surface area contributed by atoms with Crippen LogP contribution < -0.4 is 0 Å². The number of methoxy groups -OCH3 is 1. The predicted octanol–water partition coefficient (Wildman–Crippen LogP) is 0.297. The van der Waals surface area contributed by atoms with E-state index < -0.39 is 0 Å². The Hall–Kier alpha value is -0.410. The molecule has 0 saturated carbocycles. The van der Waals surface area contributed by atoms with Crippen molar-refractivity contribution in [2.45, 2.75) is 13.0 Å². The van der Waals surface area contributed by atoms with Crippen LogP contribution in [0.3, 0.4) is 0 Å². The molecule has 0 aromatic heterocycles. The number of nitrogens with zero attached hydrogens (tertiary/aromatic N) is 1. The summed E-state index contributed by atoms with van der Waals surface area (Å²) >= 11 is 0. The molecule has 0 rings (SSSR count). The Kier molecular flexibility index (Phi) is 3.69. The van der Waals surface area contributed by atoms with Gasteiger partial charge < -0.3 is 9.22 Å². The summed E-state index contributed by atoms with van der Waals surface area (Å²) in [6, 6.07) is 0. The first-order chi connectivity index (χ1) is 4.87. The van der Waals surface area contributed by atoms with Crippen molar-refractivity contribution in [2.75, 3.05) is 34.8 Å². The normalized spacial score (nSPS) is 14.6. The highest BCUT2D eigenvalue weighted by Crippen LogP contribution is 1.99. The molecule has 0 aromatic carbocycles. The van der Waals surface area contributed by atoms with Crippen LogP contribution in [0.25, 0.3) is 0 Å². The second kappa shape index (κ2) is 3.83. The number of carbonyl (C=O) groups is 1. The standard InChI is InChI=1S/C8H18NO2/c1-7(10)8(11-5)6-9(2,3)4/h8H,6H2,1-5H3/q+1. The SMILES string of the molecule is COC(C[N+](C)(C)C)C(C)=O. The maximum absolute atomic E-state index is 10.9. The Morgan fingerprint density at radius 3 is 2.00 bits per heavy atom. The van der Waals surface area contributed by atoms with Crippen LogP contribution in [0.1, 0.15) is 6.92 Å². The Bertz CT molecular complexity index is 138. The van der Waals surface area contributed by atoms with Crippen LogP contribution in [0, 0.1) is 0 Å². The average Bonchev–Trinajstić information content (AvgIpc) is 1.80. The van der Waals surface area contributed by atoms with Crippen molar-refractivity contribution in [3.63, 3.8) is 0 Å². The van der Waals surface area contributed by atoms with Crippen molar-refractivity contribution in [1.82, 2.24) is 0 Å². The number of rotatable bonds is 4. The van der Waals surface area contributed by atoms with Gasteiger partial charge in [-0.05, 0) is 6.92 Å². The molecule has 1 atom stereocenters. The molecule has 11 heavy (non-hydrogen) atoms. The van der Waals surface area contributed by atoms with Crippen LogP contribution in [-0.2, 0) is 9.53 Å². The zero-order valence-electron chi connectivity index (χ0n) is 8.05. The van der Waals surface area contributed by atoms with Gasteiger partial charge in [0.15, 0.2) is 11.9 Å². The number of likely N-dealkylation sites (N-methyl/N-ethyl adjacent to an activating group) is 1. The van der Waals surface area contributed by atoms with E-state index in [1.807, 2.05) is 21.1 Å². The molecule has 3 heteroatoms. The van der Waals surface area contributed by atoms with Crippen molar-refractivity contribution < 1.29 is 14.0 Å². The van der Waals surface area contributed by atoms with Crippen LogP contribution in [0.5, 0.6) is 0 Å². The molecule has 0 fully saturated rings. The zero-order valence-corrected chi connectivity index (χ0v) is 8.05. The molecule has 0 radical (unpaired) electrons. The molecule has 0 aliphatic carbocycles. The molecule has 0 N–H and O–H groups in total. The van der Waals surface area contributed by atoms with Crippen LogP contribution in [0.4, 0.5) is 0 Å². The first kappa shape index (κ1) is 10.6. The summed E-state index contributed by atoms with van der Waals surface area (Å²) in [6.45, 7) is 2.29. The van der Waals surface area contributed by atoms with Gasteiger partial charge in [0.2, 0.25) is 0 Å². The van der Waals surface area contributed by atoms with Crippen molar-refractivity contribution in [3.8, 4) is 0 Å². The van der Waals surface area contributed by atoms with E-state index in [4.69, 9.17) is 4.74 Å². The summed E-state index contributed by atoms with van der Waals surface area (Å²) in [5.41, 5.74) is 0. The predicted molar refractivity (Wildman–Crippen MR) is 44.4 cm³/mol. The third-order valence-corrected chi connectivity index (χ3v) is 1.45. The van der Waals surface area contributed by atoms with Gasteiger partial charge in [0.1, 0.15) is 6.54 Å². The minimum absolute atomic E-state index is 0.0977. The van der Waals surface area contributed by atoms with E-state index in [1.165, 1.54) is 0 Å². The maximum atomic E-state index is 10.9. The average molecular weight is 160 g/mol. The van der Waals surface area contributed by atoms with Gasteiger partial charge in [-0.2, -0.15) is 0 Å². The van der Waals surface area contributed by atoms with Crippen molar-refractivity contribution in [3.05, 3.63) is 0 Å². The number of ketones is 1. The molecule has 0 bridgehead atoms. The topological polar surface area (TPSA) is 26.3 Å². The molecular formula is C8H18NO2+. The fraction of sp³-hybridized carbons (Fsp3) is 0.875. The fourth-order valence-corrected chi connectivity index (χ4v) is 0.867. The van der Waals surface area contributed by atoms with E-state index in [1.54, 1.807) is 14.0 Å². The van der Waals surface area contributed by atoms with E-state index >= 15 is 0 Å². The van der Waals surface area contributed by atoms with Crippen LogP contribution >= 0.6 is 0 Å². The quantitative estimate of drug-likeness (QED) is 0.553. The van der Waals surface area contributed by atoms with E-state index in [0.29, 0.717) is 0 Å². The molecule has 0 aliphatic heterocycles. The van der Waals surface area contributed by atoms with Gasteiger partial charge in [0.05, 0.1) is 21.1 Å². The van der Waals surface area contributed by atoms with Crippen LogP contribution in [0.15, 0.2) is 0 Å². The monoisotopic (exact) mass is 160 g/mol. The molecule has 0 amide bonds. The number of ether oxygens (including phenoxy) is 1. The smallest absolute Gasteiger partial charge is 0.164 e. The third-order valence-electron chi connectivity index (χ3n) is 1.45. The van der Waals surface area contributed by atoms with E-state index in [0.717, 1.165) is 11.0 Å². The summed E-state index contributed by atoms with van der Waals surface area (Å²) < 4.78 is 5.77. The summed E-state index contributed by atoms with van der Waals surface area (Å²) in [5.74, 6) is 0.0977. The second-order valence-corrected chi connectivity index (χ2v) is 3.81. The second-order valence-electron chi connectivity index (χ2n) is 3.81. The van der Waals surface area contributed by atoms with Gasteiger partial charge in [-0.25, -0.2) is 0 Å². The largest absolute Gasteiger partial charge is 0.368 e. The zero-order chi connectivity index (χ0) is 9.07. The van der Waals surface area contributed by atoms with Crippen LogP contribution in [0.2, 0.25) is 0 Å². The molecular weight excluding hydrogens is 142 g/mol. The highest BCUT2D eigenvalue weighted by atomic mass is 16.5. The summed E-state index contributed by atoms with van der Waals surface area (Å²) in [4.78, 5) is 10.9. The molecule has 0 aromatic rings. The van der Waals surface area contributed by atoms with Gasteiger partial charge >= 0.3 is 0 Å². The lowest BCUT2D eigenvalue weighted by atomic mass is 10.2. The first-order valence-corrected chi connectivity index (χ1v) is 3.70. The Balaban J connectivity index is 3.99. The van der Waals surface area contributed by atoms with E-state index in [2.05, 4.69) is 0 Å². The maximum Gasteiger partial charge on any atom is 0.164 e. The molecule has 0 saturated heterocycles. The summed E-state index contributed by atoms with van der Waals surface area (Å²) in [7, 11) is 7.68. The highest BCUT2D eigenvalue weighted by Gasteiger charge is 2.20. The fourth-order valence-electron chi connectivity index (χ4n) is 0.867. The summed E-state index contributed by atoms with van der Waals surface area (Å²) in [6.07, 6.45) is -0.255. The number of hydrogen-bond acceptors (Lipinski definition) is 2. The number of hydrogen-bond donors (Lipinski definition) is 0. The van der Waals surface area contributed by atoms with E-state index in [-0.39, 0.29) is 11.9 Å². The molecule has 3 nitrogen and oxygen atoms in total. The minimum atomic E-state index is -0.255. The molecule has 1 unspecified atom stereocenters. The molecule has 0 heterocycles. The van der Waals surface area contributed by atoms with Crippen molar-refractivity contribution in [2.24, 2.45) is 0 Å². The third kappa shape index (κ3) is 4.93. The van der Waals surface area contributed by atoms with Gasteiger partial charge in [-0.3, -0.25) is 4.79 Å². The van der Waals surface area contributed by atoms with Crippen LogP contribution in [-0.4, -0.2) is 51.2 Å². The molecule has 0 aliphatic rings. The highest BCUT2D eigenvalue weighted by molar-refractivity contribution is 5.80. The Morgan fingerprint density at radius 1 is 1.45 bits per heavy atom. The Labute approximate surface area is 68.5 Å². The van der Waals surface area contributed by atoms with Gasteiger partial charge in [0, 0.05) is 7.11 Å². The van der Waals surface area contributed by atoms with Crippen molar-refractivity contribution in [1.29, 1.82) is 0 Å². The number of Topliss-reactive ketones (excluding diaryl/α,β-unsaturated/α-hetero) is 1. The van der Waals surface area contributed by atoms with E-state index in [9.17, 15) is 4.79 Å². The van der Waals surface area contributed by atoms with Gasteiger partial charge in [0.25, 0.3) is 0 Å². The number of carbonyl (C=O) groups excluding carboxylic acids is 1. The first-order valence-electron chi connectivity index (χ1n) is 3.70. The van der Waals surface area contributed by atoms with Gasteiger partial charge in [-0.1, -0.05) is 0 Å². The molecule has 0 spiro atoms. The minimum Gasteiger partial charge on any atom is -0.368 e. The van der Waals surface area contributed by atoms with Gasteiger partial charge in [-0.15, -0.1) is 0 Å². The number of quaternary nitrogens is 1.